The Balaban J connectivity index is 1.19. The summed E-state index contributed by atoms with van der Waals surface area (Å²) < 4.78 is 48.2. The first-order valence-electron chi connectivity index (χ1n) is 13.8. The van der Waals surface area contributed by atoms with E-state index in [0.717, 1.165) is 10.9 Å². The van der Waals surface area contributed by atoms with Gasteiger partial charge in [-0.2, -0.15) is 23.1 Å². The van der Waals surface area contributed by atoms with Crippen LogP contribution in [0.1, 0.15) is 30.9 Å². The highest BCUT2D eigenvalue weighted by Gasteiger charge is 2.45. The molecule has 2 fully saturated rings. The first kappa shape index (κ1) is 28.5. The minimum absolute atomic E-state index is 0.110. The molecule has 2 aliphatic heterocycles. The first-order valence-corrected chi connectivity index (χ1v) is 13.8. The van der Waals surface area contributed by atoms with Crippen LogP contribution < -0.4 is 26.2 Å². The Bertz CT molecular complexity index is 1720. The van der Waals surface area contributed by atoms with Gasteiger partial charge in [0.1, 0.15) is 11.9 Å². The van der Waals surface area contributed by atoms with E-state index in [1.165, 1.54) is 24.3 Å². The number of anilines is 2. The number of pyridine rings is 1. The number of ether oxygens (including phenoxy) is 1. The minimum Gasteiger partial charge on any atom is -0.480 e. The van der Waals surface area contributed by atoms with Crippen LogP contribution in [0.15, 0.2) is 65.5 Å². The van der Waals surface area contributed by atoms with Crippen LogP contribution in [-0.2, 0) is 4.79 Å². The van der Waals surface area contributed by atoms with Crippen molar-refractivity contribution in [3.05, 3.63) is 76.6 Å². The van der Waals surface area contributed by atoms with E-state index < -0.39 is 24.3 Å². The van der Waals surface area contributed by atoms with Gasteiger partial charge < -0.3 is 30.8 Å². The molecule has 10 nitrogen and oxygen atoms in total. The summed E-state index contributed by atoms with van der Waals surface area (Å²) in [4.78, 5) is 35.7. The van der Waals surface area contributed by atoms with E-state index in [4.69, 9.17) is 10.5 Å². The van der Waals surface area contributed by atoms with Gasteiger partial charge >= 0.3 is 12.1 Å². The van der Waals surface area contributed by atoms with Crippen molar-refractivity contribution < 1.29 is 27.8 Å². The lowest BCUT2D eigenvalue weighted by molar-refractivity contribution is -0.198. The average Bonchev–Trinajstić information content (AvgIpc) is 3.39. The summed E-state index contributed by atoms with van der Waals surface area (Å²) in [5.41, 5.74) is 7.54. The molecular weight excluding hydrogens is 565 g/mol. The third-order valence-electron chi connectivity index (χ3n) is 8.32. The lowest BCUT2D eigenvalue weighted by Gasteiger charge is -2.39. The summed E-state index contributed by atoms with van der Waals surface area (Å²) >= 11 is 0. The number of alkyl halides is 3. The summed E-state index contributed by atoms with van der Waals surface area (Å²) in [6.45, 7) is 1.68. The lowest BCUT2D eigenvalue weighted by atomic mass is 9.76. The van der Waals surface area contributed by atoms with Gasteiger partial charge in [-0.05, 0) is 59.4 Å². The Morgan fingerprint density at radius 1 is 1.05 bits per heavy atom. The zero-order chi connectivity index (χ0) is 30.4. The number of piperidine rings is 1. The highest BCUT2D eigenvalue weighted by Crippen LogP contribution is 2.41. The van der Waals surface area contributed by atoms with Gasteiger partial charge in [0.25, 0.3) is 0 Å². The van der Waals surface area contributed by atoms with Gasteiger partial charge in [-0.15, -0.1) is 0 Å². The van der Waals surface area contributed by atoms with Crippen molar-refractivity contribution in [2.24, 2.45) is 5.41 Å². The Labute approximate surface area is 243 Å². The molecule has 0 bridgehead atoms. The summed E-state index contributed by atoms with van der Waals surface area (Å²) in [5, 5.41) is 13.2. The van der Waals surface area contributed by atoms with Crippen LogP contribution in [-0.4, -0.2) is 57.9 Å². The summed E-state index contributed by atoms with van der Waals surface area (Å²) in [5.74, 6) is -1.03. The van der Waals surface area contributed by atoms with E-state index in [-0.39, 0.29) is 28.4 Å². The maximum atomic E-state index is 14.2. The monoisotopic (exact) mass is 594 g/mol. The fourth-order valence-electron chi connectivity index (χ4n) is 5.96. The smallest absolute Gasteiger partial charge is 0.429 e. The zero-order valence-electron chi connectivity index (χ0n) is 22.9. The van der Waals surface area contributed by atoms with Crippen molar-refractivity contribution in [3.8, 4) is 17.0 Å². The predicted molar refractivity (Wildman–Crippen MR) is 154 cm³/mol. The molecule has 224 valence electrons. The molecule has 6 rings (SSSR count). The fraction of sp³-hybridized carbons (Fsp3) is 0.333. The lowest BCUT2D eigenvalue weighted by Crippen LogP contribution is -2.41. The number of rotatable bonds is 6. The zero-order valence-corrected chi connectivity index (χ0v) is 22.9. The molecule has 4 heterocycles. The number of aromatic nitrogens is 3. The second-order valence-corrected chi connectivity index (χ2v) is 11.2. The minimum atomic E-state index is -4.75. The van der Waals surface area contributed by atoms with Gasteiger partial charge in [-0.3, -0.25) is 9.59 Å². The fourth-order valence-corrected chi connectivity index (χ4v) is 5.96. The van der Waals surface area contributed by atoms with Gasteiger partial charge in [0.2, 0.25) is 23.5 Å². The van der Waals surface area contributed by atoms with Crippen LogP contribution in [0, 0.1) is 5.41 Å². The number of carboxylic acid groups (broad SMARTS) is 1. The van der Waals surface area contributed by atoms with Gasteiger partial charge in [-0.1, -0.05) is 30.3 Å². The van der Waals surface area contributed by atoms with Crippen LogP contribution in [0.4, 0.5) is 24.9 Å². The van der Waals surface area contributed by atoms with Gasteiger partial charge in [-0.25, -0.2) is 0 Å². The molecule has 2 atom stereocenters. The van der Waals surface area contributed by atoms with E-state index >= 15 is 0 Å². The number of aliphatic carboxylic acids is 1. The highest BCUT2D eigenvalue weighted by atomic mass is 19.4. The number of halogens is 3. The number of aromatic amines is 1. The molecule has 2 aliphatic rings. The highest BCUT2D eigenvalue weighted by molar-refractivity contribution is 5.84. The van der Waals surface area contributed by atoms with E-state index in [9.17, 15) is 27.9 Å². The van der Waals surface area contributed by atoms with Crippen molar-refractivity contribution in [1.29, 1.82) is 0 Å². The van der Waals surface area contributed by atoms with Crippen LogP contribution >= 0.6 is 0 Å². The van der Waals surface area contributed by atoms with Crippen molar-refractivity contribution >= 4 is 28.6 Å². The third-order valence-corrected chi connectivity index (χ3v) is 8.32. The second-order valence-electron chi connectivity index (χ2n) is 11.2. The largest absolute Gasteiger partial charge is 0.480 e. The van der Waals surface area contributed by atoms with E-state index in [2.05, 4.69) is 20.3 Å². The van der Waals surface area contributed by atoms with E-state index in [0.29, 0.717) is 55.8 Å². The van der Waals surface area contributed by atoms with E-state index in [1.54, 1.807) is 30.3 Å². The average molecular weight is 595 g/mol. The van der Waals surface area contributed by atoms with Crippen LogP contribution in [0.2, 0.25) is 0 Å². The molecule has 2 aromatic heterocycles. The third kappa shape index (κ3) is 5.98. The summed E-state index contributed by atoms with van der Waals surface area (Å²) in [6, 6.07) is 15.1. The van der Waals surface area contributed by atoms with Crippen molar-refractivity contribution in [1.82, 2.24) is 20.3 Å². The molecule has 0 radical (unpaired) electrons. The number of nitrogens with one attached hydrogen (secondary N) is 2. The number of fused-ring (bicyclic) bond motifs is 1. The van der Waals surface area contributed by atoms with Gasteiger partial charge in [0.15, 0.2) is 0 Å². The van der Waals surface area contributed by atoms with Crippen LogP contribution in [0.3, 0.4) is 0 Å². The van der Waals surface area contributed by atoms with Crippen molar-refractivity contribution in [3.63, 3.8) is 0 Å². The molecular formula is C30H29F3N6O4. The molecule has 4 aromatic rings. The predicted octanol–water partition coefficient (Wildman–Crippen LogP) is 4.28. The summed E-state index contributed by atoms with van der Waals surface area (Å²) in [7, 11) is 0. The quantitative estimate of drug-likeness (QED) is 0.257. The van der Waals surface area contributed by atoms with E-state index in [1.807, 2.05) is 11.0 Å². The maximum Gasteiger partial charge on any atom is 0.429 e. The SMILES string of the molecule is Nc1nc(OC(c2ccc(-c3ccc4[nH]c(=O)ccc4c3)cc2)C(F)(F)F)cc(N2CCC3(CC2)CN[C@H](C(=O)O)C3)n1. The van der Waals surface area contributed by atoms with Gasteiger partial charge in [0, 0.05) is 42.8 Å². The Morgan fingerprint density at radius 3 is 2.44 bits per heavy atom. The number of nitrogen functional groups attached to an aromatic ring is 1. The number of benzene rings is 2. The maximum absolute atomic E-state index is 14.2. The number of carboxylic acids is 1. The molecule has 0 aliphatic carbocycles. The number of H-pyrrole nitrogens is 1. The van der Waals surface area contributed by atoms with Crippen LogP contribution in [0.5, 0.6) is 5.88 Å². The van der Waals surface area contributed by atoms with Crippen molar-refractivity contribution in [2.75, 3.05) is 30.3 Å². The first-order chi connectivity index (χ1) is 20.5. The topological polar surface area (TPSA) is 146 Å². The molecule has 13 heteroatoms. The number of nitrogens with two attached hydrogens (primary N) is 1. The Kier molecular flexibility index (Phi) is 7.20. The normalized spacial score (nSPS) is 19.0. The molecule has 0 saturated carbocycles. The molecule has 43 heavy (non-hydrogen) atoms. The molecule has 2 saturated heterocycles. The number of carbonyl (C=O) groups is 1. The van der Waals surface area contributed by atoms with Crippen LogP contribution in [0.25, 0.3) is 22.0 Å². The Morgan fingerprint density at radius 2 is 1.77 bits per heavy atom. The number of hydrogen-bond acceptors (Lipinski definition) is 8. The number of hydrogen-bond donors (Lipinski definition) is 4. The Hall–Kier alpha value is -4.65. The van der Waals surface area contributed by atoms with Crippen molar-refractivity contribution in [2.45, 2.75) is 37.6 Å². The number of nitrogens with zero attached hydrogens (tertiary/aromatic N) is 3. The standard InChI is InChI=1S/C30H29F3N6O4/c31-30(32,33)26(18-3-1-17(2-4-18)19-5-7-21-20(13-19)6-8-24(40)36-21)43-25-14-23(37-28(34)38-25)39-11-9-29(10-12-39)15-22(27(41)42)35-16-29/h1-8,13-14,22,26,35H,9-12,15-16H2,(H,36,40)(H,41,42)(H2,34,37,38)/t22-,26?/m0/s1. The molecule has 1 unspecified atom stereocenters. The summed E-state index contributed by atoms with van der Waals surface area (Å²) in [6.07, 6.45) is -5.10. The molecule has 0 amide bonds. The second kappa shape index (κ2) is 10.9. The van der Waals surface area contributed by atoms with Gasteiger partial charge in [0.05, 0.1) is 0 Å². The molecule has 2 aromatic carbocycles. The molecule has 1 spiro atoms. The molecule has 5 N–H and O–H groups in total.